The SMILES string of the molecule is COc1cc(OC)c(S)cc1F. The molecule has 0 saturated heterocycles. The Morgan fingerprint density at radius 1 is 1.17 bits per heavy atom. The van der Waals surface area contributed by atoms with Crippen LogP contribution in [0.3, 0.4) is 0 Å². The van der Waals surface area contributed by atoms with Crippen LogP contribution in [-0.4, -0.2) is 14.2 Å². The Balaban J connectivity index is 3.18. The first kappa shape index (κ1) is 9.19. The van der Waals surface area contributed by atoms with Crippen LogP contribution in [0.15, 0.2) is 17.0 Å². The maximum Gasteiger partial charge on any atom is 0.166 e. The van der Waals surface area contributed by atoms with Gasteiger partial charge in [-0.1, -0.05) is 0 Å². The van der Waals surface area contributed by atoms with E-state index in [9.17, 15) is 4.39 Å². The van der Waals surface area contributed by atoms with Crippen LogP contribution in [0.2, 0.25) is 0 Å². The average Bonchev–Trinajstić information content (AvgIpc) is 2.05. The van der Waals surface area contributed by atoms with Gasteiger partial charge in [0.25, 0.3) is 0 Å². The highest BCUT2D eigenvalue weighted by molar-refractivity contribution is 7.80. The standard InChI is InChI=1S/C8H9FO2S/c1-10-6-4-7(11-2)8(12)3-5(6)9/h3-4,12H,1-2H3. The molecular weight excluding hydrogens is 179 g/mol. The van der Waals surface area contributed by atoms with Crippen molar-refractivity contribution in [1.29, 1.82) is 0 Å². The van der Waals surface area contributed by atoms with Crippen molar-refractivity contribution in [3.05, 3.63) is 17.9 Å². The molecule has 12 heavy (non-hydrogen) atoms. The number of ether oxygens (including phenoxy) is 2. The van der Waals surface area contributed by atoms with Crippen molar-refractivity contribution in [3.63, 3.8) is 0 Å². The van der Waals surface area contributed by atoms with E-state index in [4.69, 9.17) is 9.47 Å². The molecule has 0 aliphatic heterocycles. The van der Waals surface area contributed by atoms with Gasteiger partial charge in [0, 0.05) is 11.0 Å². The van der Waals surface area contributed by atoms with E-state index in [1.807, 2.05) is 0 Å². The van der Waals surface area contributed by atoms with Gasteiger partial charge in [-0.3, -0.25) is 0 Å². The third kappa shape index (κ3) is 1.64. The molecule has 0 aliphatic rings. The number of methoxy groups -OCH3 is 2. The number of rotatable bonds is 2. The predicted molar refractivity (Wildman–Crippen MR) is 46.8 cm³/mol. The van der Waals surface area contributed by atoms with Crippen LogP contribution in [0.25, 0.3) is 0 Å². The van der Waals surface area contributed by atoms with Crippen molar-refractivity contribution in [2.75, 3.05) is 14.2 Å². The summed E-state index contributed by atoms with van der Waals surface area (Å²) in [5.74, 6) is 0.213. The van der Waals surface area contributed by atoms with Crippen LogP contribution in [-0.2, 0) is 0 Å². The Hall–Kier alpha value is -0.900. The van der Waals surface area contributed by atoms with Crippen molar-refractivity contribution in [1.82, 2.24) is 0 Å². The van der Waals surface area contributed by atoms with Gasteiger partial charge < -0.3 is 9.47 Å². The first-order valence-electron chi connectivity index (χ1n) is 3.29. The third-order valence-corrected chi connectivity index (χ3v) is 1.80. The van der Waals surface area contributed by atoms with Crippen molar-refractivity contribution in [3.8, 4) is 11.5 Å². The molecule has 0 aromatic heterocycles. The average molecular weight is 188 g/mol. The van der Waals surface area contributed by atoms with E-state index >= 15 is 0 Å². The smallest absolute Gasteiger partial charge is 0.166 e. The summed E-state index contributed by atoms with van der Waals surface area (Å²) in [7, 11) is 2.89. The Morgan fingerprint density at radius 2 is 1.75 bits per heavy atom. The maximum atomic E-state index is 12.9. The fourth-order valence-corrected chi connectivity index (χ4v) is 1.11. The molecule has 0 N–H and O–H groups in total. The minimum atomic E-state index is -0.441. The van der Waals surface area contributed by atoms with Gasteiger partial charge in [0.1, 0.15) is 5.75 Å². The molecular formula is C8H9FO2S. The highest BCUT2D eigenvalue weighted by atomic mass is 32.1. The molecule has 0 amide bonds. The summed E-state index contributed by atoms with van der Waals surface area (Å²) in [6.07, 6.45) is 0. The van der Waals surface area contributed by atoms with Crippen LogP contribution in [0.1, 0.15) is 0 Å². The van der Waals surface area contributed by atoms with E-state index in [2.05, 4.69) is 12.6 Å². The molecule has 0 fully saturated rings. The molecule has 0 aliphatic carbocycles. The van der Waals surface area contributed by atoms with Crippen molar-refractivity contribution in [2.45, 2.75) is 4.90 Å². The Labute approximate surface area is 75.7 Å². The summed E-state index contributed by atoms with van der Waals surface area (Å²) in [4.78, 5) is 0.454. The zero-order chi connectivity index (χ0) is 9.14. The summed E-state index contributed by atoms with van der Waals surface area (Å²) in [5.41, 5.74) is 0. The van der Waals surface area contributed by atoms with Crippen molar-refractivity contribution < 1.29 is 13.9 Å². The van der Waals surface area contributed by atoms with Crippen LogP contribution in [0, 0.1) is 5.82 Å². The minimum Gasteiger partial charge on any atom is -0.495 e. The molecule has 0 atom stereocenters. The van der Waals surface area contributed by atoms with Crippen LogP contribution in [0.4, 0.5) is 4.39 Å². The highest BCUT2D eigenvalue weighted by Crippen LogP contribution is 2.29. The molecule has 4 heteroatoms. The quantitative estimate of drug-likeness (QED) is 0.717. The van der Waals surface area contributed by atoms with E-state index in [1.165, 1.54) is 26.4 Å². The Morgan fingerprint density at radius 3 is 2.25 bits per heavy atom. The topological polar surface area (TPSA) is 18.5 Å². The number of benzene rings is 1. The Bertz CT molecular complexity index is 263. The van der Waals surface area contributed by atoms with Gasteiger partial charge in [0.2, 0.25) is 0 Å². The number of thiol groups is 1. The molecule has 0 saturated carbocycles. The van der Waals surface area contributed by atoms with Gasteiger partial charge >= 0.3 is 0 Å². The largest absolute Gasteiger partial charge is 0.495 e. The summed E-state index contributed by atoms with van der Waals surface area (Å²) in [5, 5.41) is 0. The van der Waals surface area contributed by atoms with Crippen molar-refractivity contribution >= 4 is 12.6 Å². The minimum absolute atomic E-state index is 0.157. The first-order valence-corrected chi connectivity index (χ1v) is 3.74. The molecule has 0 heterocycles. The van der Waals surface area contributed by atoms with E-state index in [1.54, 1.807) is 0 Å². The fraction of sp³-hybridized carbons (Fsp3) is 0.250. The molecule has 66 valence electrons. The lowest BCUT2D eigenvalue weighted by Gasteiger charge is -2.06. The third-order valence-electron chi connectivity index (χ3n) is 1.45. The summed E-state index contributed by atoms with van der Waals surface area (Å²) in [6.45, 7) is 0. The second kappa shape index (κ2) is 3.67. The van der Waals surface area contributed by atoms with Gasteiger partial charge in [-0.05, 0) is 6.07 Å². The van der Waals surface area contributed by atoms with E-state index in [0.29, 0.717) is 10.6 Å². The number of hydrogen-bond acceptors (Lipinski definition) is 3. The fourth-order valence-electron chi connectivity index (χ4n) is 0.844. The molecule has 1 aromatic rings. The molecule has 1 rings (SSSR count). The second-order valence-electron chi connectivity index (χ2n) is 2.16. The number of hydrogen-bond donors (Lipinski definition) is 1. The lowest BCUT2D eigenvalue weighted by Crippen LogP contribution is -1.91. The first-order chi connectivity index (χ1) is 5.69. The maximum absolute atomic E-state index is 12.9. The monoisotopic (exact) mass is 188 g/mol. The highest BCUT2D eigenvalue weighted by Gasteiger charge is 2.07. The summed E-state index contributed by atoms with van der Waals surface area (Å²) in [6, 6.07) is 2.71. The number of halogens is 1. The van der Waals surface area contributed by atoms with Gasteiger partial charge in [-0.2, -0.15) is 0 Å². The summed E-state index contributed by atoms with van der Waals surface area (Å²) >= 11 is 4.01. The molecule has 1 aromatic carbocycles. The van der Waals surface area contributed by atoms with E-state index < -0.39 is 5.82 Å². The molecule has 0 spiro atoms. The van der Waals surface area contributed by atoms with Gasteiger partial charge in [0.05, 0.1) is 14.2 Å². The molecule has 0 bridgehead atoms. The lowest BCUT2D eigenvalue weighted by atomic mass is 10.3. The van der Waals surface area contributed by atoms with Crippen LogP contribution >= 0.6 is 12.6 Å². The molecule has 2 nitrogen and oxygen atoms in total. The molecule has 0 unspecified atom stereocenters. The van der Waals surface area contributed by atoms with Crippen LogP contribution in [0.5, 0.6) is 11.5 Å². The second-order valence-corrected chi connectivity index (χ2v) is 2.64. The lowest BCUT2D eigenvalue weighted by molar-refractivity contribution is 0.368. The van der Waals surface area contributed by atoms with Crippen LogP contribution < -0.4 is 9.47 Å². The van der Waals surface area contributed by atoms with E-state index in [-0.39, 0.29) is 5.75 Å². The zero-order valence-corrected chi connectivity index (χ0v) is 7.69. The zero-order valence-electron chi connectivity index (χ0n) is 6.80. The normalized spacial score (nSPS) is 9.67. The van der Waals surface area contributed by atoms with Gasteiger partial charge in [-0.15, -0.1) is 12.6 Å². The van der Waals surface area contributed by atoms with Gasteiger partial charge in [0.15, 0.2) is 11.6 Å². The predicted octanol–water partition coefficient (Wildman–Crippen LogP) is 2.13. The van der Waals surface area contributed by atoms with Crippen molar-refractivity contribution in [2.24, 2.45) is 0 Å². The van der Waals surface area contributed by atoms with Gasteiger partial charge in [-0.25, -0.2) is 4.39 Å². The summed E-state index contributed by atoms with van der Waals surface area (Å²) < 4.78 is 22.6. The Kier molecular flexibility index (Phi) is 2.81. The van der Waals surface area contributed by atoms with E-state index in [0.717, 1.165) is 0 Å². The molecule has 0 radical (unpaired) electrons.